The van der Waals surface area contributed by atoms with E-state index in [4.69, 9.17) is 10.5 Å². The lowest BCUT2D eigenvalue weighted by molar-refractivity contribution is 0.114. The highest BCUT2D eigenvalue weighted by molar-refractivity contribution is 14.1. The second-order valence-electron chi connectivity index (χ2n) is 5.14. The lowest BCUT2D eigenvalue weighted by Gasteiger charge is -2.11. The number of aryl methyl sites for hydroxylation is 1. The second-order valence-corrected chi connectivity index (χ2v) is 6.38. The minimum absolute atomic E-state index is 0. The molecule has 0 fully saturated rings. The van der Waals surface area contributed by atoms with Crippen molar-refractivity contribution in [3.05, 3.63) is 57.7 Å². The molecule has 0 bridgehead atoms. The maximum atomic E-state index is 9.91. The molecular weight excluding hydrogens is 532 g/mol. The molecule has 2 aromatic carbocycles. The number of nitrogens with zero attached hydrogens (tertiary/aromatic N) is 1. The molecule has 0 saturated heterocycles. The van der Waals surface area contributed by atoms with Gasteiger partial charge in [-0.15, -0.1) is 24.0 Å². The van der Waals surface area contributed by atoms with Gasteiger partial charge in [-0.2, -0.15) is 0 Å². The third-order valence-corrected chi connectivity index (χ3v) is 3.74. The van der Waals surface area contributed by atoms with Crippen LogP contribution in [0.25, 0.3) is 0 Å². The normalized spacial score (nSPS) is 12.2. The fourth-order valence-electron chi connectivity index (χ4n) is 1.89. The topological polar surface area (TPSA) is 79.9 Å². The molecule has 0 heterocycles. The number of aliphatic imine (C=N–C) groups is 1. The zero-order chi connectivity index (χ0) is 16.7. The van der Waals surface area contributed by atoms with Crippen LogP contribution in [0, 0.1) is 10.5 Å². The van der Waals surface area contributed by atoms with Crippen LogP contribution in [-0.4, -0.2) is 30.3 Å². The van der Waals surface area contributed by atoms with Crippen molar-refractivity contribution >= 4 is 58.2 Å². The quantitative estimate of drug-likeness (QED) is 0.292. The first kappa shape index (κ1) is 21.0. The van der Waals surface area contributed by atoms with Crippen LogP contribution in [0.15, 0.2) is 53.5 Å². The molecule has 5 nitrogen and oxygen atoms in total. The van der Waals surface area contributed by atoms with E-state index >= 15 is 0 Å². The maximum Gasteiger partial charge on any atom is 0.193 e. The Morgan fingerprint density at radius 2 is 2.00 bits per heavy atom. The molecule has 0 aliphatic rings. The Kier molecular flexibility index (Phi) is 9.37. The molecule has 4 N–H and O–H groups in total. The van der Waals surface area contributed by atoms with Crippen LogP contribution in [0.3, 0.4) is 0 Å². The fraction of sp³-hybridized carbons (Fsp3) is 0.235. The predicted octanol–water partition coefficient (Wildman–Crippen LogP) is 3.38. The van der Waals surface area contributed by atoms with Crippen molar-refractivity contribution in [2.24, 2.45) is 10.7 Å². The van der Waals surface area contributed by atoms with Gasteiger partial charge < -0.3 is 20.9 Å². The number of benzene rings is 2. The fourth-order valence-corrected chi connectivity index (χ4v) is 2.25. The molecule has 0 aliphatic carbocycles. The van der Waals surface area contributed by atoms with E-state index in [0.29, 0.717) is 0 Å². The Morgan fingerprint density at radius 1 is 1.29 bits per heavy atom. The summed E-state index contributed by atoms with van der Waals surface area (Å²) in [5, 5.41) is 12.9. The van der Waals surface area contributed by atoms with E-state index < -0.39 is 6.10 Å². The Hall–Kier alpha value is -1.07. The van der Waals surface area contributed by atoms with E-state index in [2.05, 4.69) is 32.9 Å². The molecule has 130 valence electrons. The van der Waals surface area contributed by atoms with Crippen LogP contribution < -0.4 is 15.8 Å². The van der Waals surface area contributed by atoms with E-state index in [-0.39, 0.29) is 43.1 Å². The molecule has 2 aromatic rings. The van der Waals surface area contributed by atoms with Crippen molar-refractivity contribution in [3.8, 4) is 5.75 Å². The summed E-state index contributed by atoms with van der Waals surface area (Å²) in [5.74, 6) is 0.989. The van der Waals surface area contributed by atoms with Gasteiger partial charge in [-0.1, -0.05) is 12.1 Å². The third-order valence-electron chi connectivity index (χ3n) is 3.02. The molecule has 0 amide bonds. The number of aliphatic hydroxyl groups excluding tert-OH is 1. The van der Waals surface area contributed by atoms with Gasteiger partial charge in [-0.3, -0.25) is 4.99 Å². The van der Waals surface area contributed by atoms with Crippen LogP contribution in [0.4, 0.5) is 5.69 Å². The van der Waals surface area contributed by atoms with Crippen molar-refractivity contribution in [1.82, 2.24) is 0 Å². The number of halogens is 2. The van der Waals surface area contributed by atoms with Gasteiger partial charge in [0, 0.05) is 9.26 Å². The molecule has 0 radical (unpaired) electrons. The first-order valence-corrected chi connectivity index (χ1v) is 8.31. The lowest BCUT2D eigenvalue weighted by atomic mass is 10.2. The van der Waals surface area contributed by atoms with Crippen molar-refractivity contribution in [2.75, 3.05) is 18.5 Å². The van der Waals surface area contributed by atoms with Gasteiger partial charge >= 0.3 is 0 Å². The molecule has 2 rings (SSSR count). The number of rotatable bonds is 6. The number of anilines is 1. The van der Waals surface area contributed by atoms with Gasteiger partial charge in [0.15, 0.2) is 5.96 Å². The number of aliphatic hydroxyl groups is 1. The Bertz CT molecular complexity index is 663. The summed E-state index contributed by atoms with van der Waals surface area (Å²) >= 11 is 2.23. The maximum absolute atomic E-state index is 9.91. The SMILES string of the molecule is Cc1cccc(NC(N)=NCC(O)COc2ccc(I)cc2)c1.I. The smallest absolute Gasteiger partial charge is 0.193 e. The lowest BCUT2D eigenvalue weighted by Crippen LogP contribution is -2.27. The highest BCUT2D eigenvalue weighted by Gasteiger charge is 2.05. The van der Waals surface area contributed by atoms with Crippen molar-refractivity contribution in [1.29, 1.82) is 0 Å². The average molecular weight is 553 g/mol. The molecule has 24 heavy (non-hydrogen) atoms. The monoisotopic (exact) mass is 553 g/mol. The van der Waals surface area contributed by atoms with E-state index in [1.54, 1.807) is 0 Å². The number of hydrogen-bond donors (Lipinski definition) is 3. The summed E-state index contributed by atoms with van der Waals surface area (Å²) in [5.41, 5.74) is 7.82. The first-order valence-electron chi connectivity index (χ1n) is 7.23. The van der Waals surface area contributed by atoms with Crippen molar-refractivity contribution in [3.63, 3.8) is 0 Å². The minimum atomic E-state index is -0.716. The van der Waals surface area contributed by atoms with Gasteiger partial charge in [-0.05, 0) is 71.5 Å². The summed E-state index contributed by atoms with van der Waals surface area (Å²) in [6.07, 6.45) is -0.716. The number of guanidine groups is 1. The zero-order valence-electron chi connectivity index (χ0n) is 13.3. The molecular formula is C17H21I2N3O2. The number of nitrogens with one attached hydrogen (secondary N) is 1. The number of ether oxygens (including phenoxy) is 1. The molecule has 0 aliphatic heterocycles. The highest BCUT2D eigenvalue weighted by Crippen LogP contribution is 2.13. The summed E-state index contributed by atoms with van der Waals surface area (Å²) in [4.78, 5) is 4.13. The summed E-state index contributed by atoms with van der Waals surface area (Å²) in [7, 11) is 0. The molecule has 1 unspecified atom stereocenters. The zero-order valence-corrected chi connectivity index (χ0v) is 17.8. The minimum Gasteiger partial charge on any atom is -0.491 e. The van der Waals surface area contributed by atoms with Crippen molar-refractivity contribution in [2.45, 2.75) is 13.0 Å². The molecule has 0 saturated carbocycles. The van der Waals surface area contributed by atoms with Gasteiger partial charge in [-0.25, -0.2) is 0 Å². The number of nitrogens with two attached hydrogens (primary N) is 1. The second kappa shape index (κ2) is 10.7. The molecule has 0 aromatic heterocycles. The molecule has 7 heteroatoms. The van der Waals surface area contributed by atoms with Crippen LogP contribution >= 0.6 is 46.6 Å². The largest absolute Gasteiger partial charge is 0.491 e. The van der Waals surface area contributed by atoms with Crippen LogP contribution in [0.5, 0.6) is 5.75 Å². The van der Waals surface area contributed by atoms with E-state index in [0.717, 1.165) is 20.6 Å². The van der Waals surface area contributed by atoms with E-state index in [9.17, 15) is 5.11 Å². The third kappa shape index (κ3) is 7.67. The van der Waals surface area contributed by atoms with Crippen LogP contribution in [0.2, 0.25) is 0 Å². The van der Waals surface area contributed by atoms with Gasteiger partial charge in [0.1, 0.15) is 18.5 Å². The van der Waals surface area contributed by atoms with E-state index in [1.165, 1.54) is 0 Å². The van der Waals surface area contributed by atoms with E-state index in [1.807, 2.05) is 55.5 Å². The Labute approximate surface area is 172 Å². The van der Waals surface area contributed by atoms with Crippen LogP contribution in [0.1, 0.15) is 5.56 Å². The standard InChI is InChI=1S/C17H20IN3O2.HI/c1-12-3-2-4-14(9-12)21-17(19)20-10-15(22)11-23-16-7-5-13(18)6-8-16;/h2-9,15,22H,10-11H2,1H3,(H3,19,20,21);1H. The van der Waals surface area contributed by atoms with Crippen molar-refractivity contribution < 1.29 is 9.84 Å². The summed E-state index contributed by atoms with van der Waals surface area (Å²) in [6.45, 7) is 2.35. The summed E-state index contributed by atoms with van der Waals surface area (Å²) < 4.78 is 6.64. The van der Waals surface area contributed by atoms with Gasteiger partial charge in [0.2, 0.25) is 0 Å². The molecule has 1 atom stereocenters. The van der Waals surface area contributed by atoms with Gasteiger partial charge in [0.25, 0.3) is 0 Å². The molecule has 0 spiro atoms. The van der Waals surface area contributed by atoms with Crippen LogP contribution in [-0.2, 0) is 0 Å². The first-order chi connectivity index (χ1) is 11.0. The average Bonchev–Trinajstić information content (AvgIpc) is 2.52. The summed E-state index contributed by atoms with van der Waals surface area (Å²) in [6, 6.07) is 15.5. The Balaban J connectivity index is 0.00000288. The Morgan fingerprint density at radius 3 is 2.67 bits per heavy atom. The predicted molar refractivity (Wildman–Crippen MR) is 117 cm³/mol. The highest BCUT2D eigenvalue weighted by atomic mass is 127. The van der Waals surface area contributed by atoms with Gasteiger partial charge in [0.05, 0.1) is 6.54 Å². The number of hydrogen-bond acceptors (Lipinski definition) is 3.